The average Bonchev–Trinajstić information content (AvgIpc) is 2.91. The van der Waals surface area contributed by atoms with Gasteiger partial charge in [-0.25, -0.2) is 0 Å². The zero-order valence-electron chi connectivity index (χ0n) is 11.1. The maximum Gasteiger partial charge on any atom is 0.307 e. The van der Waals surface area contributed by atoms with Gasteiger partial charge in [0.25, 0.3) is 0 Å². The number of esters is 1. The van der Waals surface area contributed by atoms with Crippen molar-refractivity contribution in [1.29, 1.82) is 0 Å². The molecule has 0 radical (unpaired) electrons. The van der Waals surface area contributed by atoms with E-state index in [2.05, 4.69) is 4.90 Å². The molecule has 104 valence electrons. The lowest BCUT2D eigenvalue weighted by molar-refractivity contribution is -0.145. The molecule has 5 heteroatoms. The molecule has 2 aliphatic rings. The molecule has 18 heavy (non-hydrogen) atoms. The second-order valence-corrected chi connectivity index (χ2v) is 6.00. The van der Waals surface area contributed by atoms with Crippen LogP contribution in [0.2, 0.25) is 0 Å². The van der Waals surface area contributed by atoms with Gasteiger partial charge in [-0.05, 0) is 30.8 Å². The molecule has 2 aliphatic heterocycles. The number of hydrogen-bond acceptors (Lipinski definition) is 5. The Hall–Kier alpha value is -0.260. The molecule has 0 spiro atoms. The van der Waals surface area contributed by atoms with Gasteiger partial charge in [0.2, 0.25) is 0 Å². The van der Waals surface area contributed by atoms with Crippen LogP contribution in [0.15, 0.2) is 0 Å². The zero-order chi connectivity index (χ0) is 12.8. The van der Waals surface area contributed by atoms with Crippen LogP contribution in [-0.2, 0) is 14.3 Å². The number of carbonyl (C=O) groups is 1. The van der Waals surface area contributed by atoms with Crippen molar-refractivity contribution in [3.63, 3.8) is 0 Å². The third-order valence-corrected chi connectivity index (χ3v) is 4.89. The smallest absolute Gasteiger partial charge is 0.307 e. The molecule has 0 aromatic carbocycles. The molecular weight excluding hydrogens is 250 g/mol. The molecule has 2 heterocycles. The SMILES string of the molecule is CCOC(=O)CC(C1CCSC1)N1CCOCC1. The predicted molar refractivity (Wildman–Crippen MR) is 72.9 cm³/mol. The van der Waals surface area contributed by atoms with E-state index in [4.69, 9.17) is 9.47 Å². The van der Waals surface area contributed by atoms with Gasteiger partial charge in [-0.1, -0.05) is 0 Å². The minimum Gasteiger partial charge on any atom is -0.466 e. The molecule has 0 aromatic rings. The Balaban J connectivity index is 1.94. The summed E-state index contributed by atoms with van der Waals surface area (Å²) in [5.74, 6) is 3.00. The number of ether oxygens (including phenoxy) is 2. The molecule has 4 nitrogen and oxygen atoms in total. The highest BCUT2D eigenvalue weighted by Crippen LogP contribution is 2.31. The van der Waals surface area contributed by atoms with Crippen LogP contribution in [0.25, 0.3) is 0 Å². The molecule has 0 saturated carbocycles. The van der Waals surface area contributed by atoms with Gasteiger partial charge < -0.3 is 9.47 Å². The van der Waals surface area contributed by atoms with Crippen molar-refractivity contribution < 1.29 is 14.3 Å². The largest absolute Gasteiger partial charge is 0.466 e. The number of carbonyl (C=O) groups excluding carboxylic acids is 1. The van der Waals surface area contributed by atoms with Crippen molar-refractivity contribution in [3.05, 3.63) is 0 Å². The van der Waals surface area contributed by atoms with Gasteiger partial charge in [0.15, 0.2) is 0 Å². The van der Waals surface area contributed by atoms with E-state index in [-0.39, 0.29) is 5.97 Å². The third-order valence-electron chi connectivity index (χ3n) is 3.70. The van der Waals surface area contributed by atoms with Gasteiger partial charge in [-0.3, -0.25) is 9.69 Å². The molecule has 0 aliphatic carbocycles. The van der Waals surface area contributed by atoms with Gasteiger partial charge in [0, 0.05) is 19.1 Å². The van der Waals surface area contributed by atoms with Gasteiger partial charge in [-0.15, -0.1) is 0 Å². The average molecular weight is 273 g/mol. The second kappa shape index (κ2) is 7.36. The highest BCUT2D eigenvalue weighted by molar-refractivity contribution is 7.99. The Labute approximate surface area is 113 Å². The van der Waals surface area contributed by atoms with E-state index >= 15 is 0 Å². The molecule has 2 rings (SSSR count). The number of thioether (sulfide) groups is 1. The summed E-state index contributed by atoms with van der Waals surface area (Å²) in [7, 11) is 0. The van der Waals surface area contributed by atoms with Crippen molar-refractivity contribution in [2.75, 3.05) is 44.4 Å². The lowest BCUT2D eigenvalue weighted by Gasteiger charge is -2.37. The maximum absolute atomic E-state index is 11.8. The van der Waals surface area contributed by atoms with Crippen molar-refractivity contribution in [2.24, 2.45) is 5.92 Å². The fraction of sp³-hybridized carbons (Fsp3) is 0.923. The van der Waals surface area contributed by atoms with Crippen molar-refractivity contribution in [1.82, 2.24) is 4.90 Å². The number of nitrogens with zero attached hydrogens (tertiary/aromatic N) is 1. The molecule has 2 fully saturated rings. The fourth-order valence-corrected chi connectivity index (χ4v) is 4.08. The van der Waals surface area contributed by atoms with E-state index in [1.54, 1.807) is 0 Å². The Morgan fingerprint density at radius 3 is 2.89 bits per heavy atom. The summed E-state index contributed by atoms with van der Waals surface area (Å²) in [6, 6.07) is 0.350. The van der Waals surface area contributed by atoms with Crippen LogP contribution in [-0.4, -0.2) is 61.3 Å². The summed E-state index contributed by atoms with van der Waals surface area (Å²) < 4.78 is 10.5. The van der Waals surface area contributed by atoms with E-state index in [0.717, 1.165) is 26.3 Å². The Bertz CT molecular complexity index is 263. The zero-order valence-corrected chi connectivity index (χ0v) is 11.9. The molecule has 2 saturated heterocycles. The normalized spacial score (nSPS) is 27.1. The molecule has 2 unspecified atom stereocenters. The van der Waals surface area contributed by atoms with E-state index < -0.39 is 0 Å². The number of rotatable bonds is 5. The first-order valence-corrected chi connectivity index (χ1v) is 8.02. The van der Waals surface area contributed by atoms with Crippen LogP contribution < -0.4 is 0 Å². The summed E-state index contributed by atoms with van der Waals surface area (Å²) in [5, 5.41) is 0. The monoisotopic (exact) mass is 273 g/mol. The minimum atomic E-state index is -0.0501. The fourth-order valence-electron chi connectivity index (χ4n) is 2.75. The molecule has 0 bridgehead atoms. The van der Waals surface area contributed by atoms with Crippen LogP contribution in [0.1, 0.15) is 19.8 Å². The van der Waals surface area contributed by atoms with Crippen molar-refractivity contribution in [2.45, 2.75) is 25.8 Å². The highest BCUT2D eigenvalue weighted by Gasteiger charge is 2.33. The molecular formula is C13H23NO3S. The number of hydrogen-bond donors (Lipinski definition) is 0. The topological polar surface area (TPSA) is 38.8 Å². The van der Waals surface area contributed by atoms with Crippen molar-refractivity contribution >= 4 is 17.7 Å². The third kappa shape index (κ3) is 3.87. The Morgan fingerprint density at radius 1 is 1.50 bits per heavy atom. The van der Waals surface area contributed by atoms with Crippen LogP contribution in [0.5, 0.6) is 0 Å². The van der Waals surface area contributed by atoms with Crippen LogP contribution >= 0.6 is 11.8 Å². The first-order valence-electron chi connectivity index (χ1n) is 6.86. The van der Waals surface area contributed by atoms with Crippen LogP contribution in [0.4, 0.5) is 0 Å². The van der Waals surface area contributed by atoms with Crippen LogP contribution in [0, 0.1) is 5.92 Å². The van der Waals surface area contributed by atoms with Gasteiger partial charge in [0.1, 0.15) is 0 Å². The summed E-state index contributed by atoms with van der Waals surface area (Å²) in [6.45, 7) is 5.83. The maximum atomic E-state index is 11.8. The Kier molecular flexibility index (Phi) is 5.79. The van der Waals surface area contributed by atoms with E-state index in [1.165, 1.54) is 17.9 Å². The first kappa shape index (κ1) is 14.2. The molecule has 0 aromatic heterocycles. The lowest BCUT2D eigenvalue weighted by atomic mass is 9.94. The first-order chi connectivity index (χ1) is 8.81. The number of morpholine rings is 1. The van der Waals surface area contributed by atoms with Crippen molar-refractivity contribution in [3.8, 4) is 0 Å². The van der Waals surface area contributed by atoms with Gasteiger partial charge in [0.05, 0.1) is 26.2 Å². The second-order valence-electron chi connectivity index (χ2n) is 4.85. The van der Waals surface area contributed by atoms with E-state index in [1.807, 2.05) is 18.7 Å². The predicted octanol–water partition coefficient (Wildman–Crippen LogP) is 1.39. The standard InChI is InChI=1S/C13H23NO3S/c1-2-17-13(15)9-12(11-3-8-18-10-11)14-4-6-16-7-5-14/h11-12H,2-10H2,1H3. The molecule has 0 N–H and O–H groups in total. The summed E-state index contributed by atoms with van der Waals surface area (Å²) in [4.78, 5) is 14.2. The van der Waals surface area contributed by atoms with E-state index in [9.17, 15) is 4.79 Å². The molecule has 2 atom stereocenters. The summed E-state index contributed by atoms with van der Waals surface area (Å²) >= 11 is 2.00. The van der Waals surface area contributed by atoms with Gasteiger partial charge in [-0.2, -0.15) is 11.8 Å². The van der Waals surface area contributed by atoms with Crippen LogP contribution in [0.3, 0.4) is 0 Å². The van der Waals surface area contributed by atoms with E-state index in [0.29, 0.717) is 25.0 Å². The Morgan fingerprint density at radius 2 is 2.28 bits per heavy atom. The highest BCUT2D eigenvalue weighted by atomic mass is 32.2. The summed E-state index contributed by atoms with van der Waals surface area (Å²) in [5.41, 5.74) is 0. The van der Waals surface area contributed by atoms with Gasteiger partial charge >= 0.3 is 5.97 Å². The molecule has 0 amide bonds. The lowest BCUT2D eigenvalue weighted by Crippen LogP contribution is -2.48. The quantitative estimate of drug-likeness (QED) is 0.708. The minimum absolute atomic E-state index is 0.0501. The summed E-state index contributed by atoms with van der Waals surface area (Å²) in [6.07, 6.45) is 1.77.